The molecule has 1 heterocycles. The molecule has 1 aliphatic carbocycles. The second kappa shape index (κ2) is 6.59. The van der Waals surface area contributed by atoms with Crippen molar-refractivity contribution in [2.45, 2.75) is 71.4 Å². The zero-order valence-electron chi connectivity index (χ0n) is 13.0. The van der Waals surface area contributed by atoms with Gasteiger partial charge in [0.05, 0.1) is 0 Å². The first-order valence-corrected chi connectivity index (χ1v) is 8.09. The van der Waals surface area contributed by atoms with Gasteiger partial charge in [0.2, 0.25) is 11.8 Å². The van der Waals surface area contributed by atoms with Gasteiger partial charge in [-0.05, 0) is 31.1 Å². The minimum Gasteiger partial charge on any atom is -0.352 e. The number of carbonyl (C=O) groups excluding carboxylic acids is 2. The van der Waals surface area contributed by atoms with Crippen LogP contribution in [0.3, 0.4) is 0 Å². The van der Waals surface area contributed by atoms with Gasteiger partial charge in [0, 0.05) is 19.0 Å². The normalized spacial score (nSPS) is 28.8. The van der Waals surface area contributed by atoms with Crippen LogP contribution >= 0.6 is 0 Å². The van der Waals surface area contributed by atoms with Gasteiger partial charge >= 0.3 is 0 Å². The maximum atomic E-state index is 12.6. The van der Waals surface area contributed by atoms with Crippen molar-refractivity contribution < 1.29 is 9.59 Å². The van der Waals surface area contributed by atoms with Crippen molar-refractivity contribution in [3.63, 3.8) is 0 Å². The molecule has 20 heavy (non-hydrogen) atoms. The number of rotatable bonds is 4. The molecule has 2 amide bonds. The van der Waals surface area contributed by atoms with Crippen LogP contribution in [0.25, 0.3) is 0 Å². The van der Waals surface area contributed by atoms with Crippen LogP contribution in [-0.2, 0) is 9.59 Å². The number of nitrogens with one attached hydrogen (secondary N) is 1. The van der Waals surface area contributed by atoms with E-state index in [1.54, 1.807) is 4.90 Å². The fraction of sp³-hybridized carbons (Fsp3) is 0.875. The second-order valence-corrected chi connectivity index (χ2v) is 6.86. The maximum Gasteiger partial charge on any atom is 0.243 e. The highest BCUT2D eigenvalue weighted by molar-refractivity contribution is 5.88. The van der Waals surface area contributed by atoms with Gasteiger partial charge in [-0.3, -0.25) is 9.59 Å². The van der Waals surface area contributed by atoms with Gasteiger partial charge in [0.15, 0.2) is 0 Å². The minimum atomic E-state index is -0.290. The van der Waals surface area contributed by atoms with E-state index in [0.29, 0.717) is 18.4 Å². The van der Waals surface area contributed by atoms with Crippen LogP contribution in [0.15, 0.2) is 0 Å². The average molecular weight is 280 g/mol. The summed E-state index contributed by atoms with van der Waals surface area (Å²) in [4.78, 5) is 26.3. The number of amides is 2. The van der Waals surface area contributed by atoms with Crippen LogP contribution in [0.2, 0.25) is 0 Å². The molecule has 3 atom stereocenters. The summed E-state index contributed by atoms with van der Waals surface area (Å²) >= 11 is 0. The minimum absolute atomic E-state index is 0.0503. The summed E-state index contributed by atoms with van der Waals surface area (Å²) in [5, 5.41) is 3.20. The van der Waals surface area contributed by atoms with E-state index in [4.69, 9.17) is 0 Å². The van der Waals surface area contributed by atoms with E-state index in [9.17, 15) is 9.59 Å². The zero-order valence-corrected chi connectivity index (χ0v) is 13.0. The third-order valence-electron chi connectivity index (χ3n) is 4.63. The molecule has 0 aromatic rings. The summed E-state index contributed by atoms with van der Waals surface area (Å²) in [6, 6.07) is 0.00689. The SMILES string of the molecule is CC(C)[C@@H](C(=O)N[C@H]1CCC[C@@H](C)C1)N1CCCC1=O. The summed E-state index contributed by atoms with van der Waals surface area (Å²) in [6.07, 6.45) is 6.10. The Labute approximate surface area is 122 Å². The molecule has 114 valence electrons. The number of hydrogen-bond acceptors (Lipinski definition) is 2. The molecule has 2 aliphatic rings. The standard InChI is InChI=1S/C16H28N2O2/c1-11(2)15(18-9-5-8-14(18)19)16(20)17-13-7-4-6-12(3)10-13/h11-13,15H,4-10H2,1-3H3,(H,17,20)/t12-,13+,15+/m1/s1. The van der Waals surface area contributed by atoms with E-state index in [1.165, 1.54) is 12.8 Å². The molecule has 0 aromatic heterocycles. The Morgan fingerprint density at radius 2 is 2.05 bits per heavy atom. The van der Waals surface area contributed by atoms with Crippen LogP contribution < -0.4 is 5.32 Å². The van der Waals surface area contributed by atoms with Crippen molar-refractivity contribution in [1.82, 2.24) is 10.2 Å². The molecule has 0 aromatic carbocycles. The van der Waals surface area contributed by atoms with Gasteiger partial charge in [-0.2, -0.15) is 0 Å². The number of hydrogen-bond donors (Lipinski definition) is 1. The lowest BCUT2D eigenvalue weighted by atomic mass is 9.86. The van der Waals surface area contributed by atoms with Crippen LogP contribution in [0.1, 0.15) is 59.3 Å². The molecule has 1 saturated heterocycles. The Kier molecular flexibility index (Phi) is 5.06. The summed E-state index contributed by atoms with van der Waals surface area (Å²) in [5.41, 5.74) is 0. The van der Waals surface area contributed by atoms with Gasteiger partial charge in [-0.1, -0.05) is 33.6 Å². The topological polar surface area (TPSA) is 49.4 Å². The smallest absolute Gasteiger partial charge is 0.243 e. The van der Waals surface area contributed by atoms with Crippen LogP contribution in [0.4, 0.5) is 0 Å². The van der Waals surface area contributed by atoms with Crippen molar-refractivity contribution in [1.29, 1.82) is 0 Å². The Morgan fingerprint density at radius 3 is 2.60 bits per heavy atom. The van der Waals surface area contributed by atoms with E-state index < -0.39 is 0 Å². The number of likely N-dealkylation sites (tertiary alicyclic amines) is 1. The van der Waals surface area contributed by atoms with Crippen molar-refractivity contribution in [2.24, 2.45) is 11.8 Å². The fourth-order valence-electron chi connectivity index (χ4n) is 3.62. The van der Waals surface area contributed by atoms with Crippen molar-refractivity contribution in [3.05, 3.63) is 0 Å². The van der Waals surface area contributed by atoms with Gasteiger partial charge < -0.3 is 10.2 Å². The molecule has 1 saturated carbocycles. The fourth-order valence-corrected chi connectivity index (χ4v) is 3.62. The van der Waals surface area contributed by atoms with Gasteiger partial charge in [0.25, 0.3) is 0 Å². The molecule has 0 spiro atoms. The lowest BCUT2D eigenvalue weighted by Gasteiger charge is -2.33. The van der Waals surface area contributed by atoms with E-state index in [1.807, 2.05) is 13.8 Å². The molecule has 4 heteroatoms. The van der Waals surface area contributed by atoms with E-state index >= 15 is 0 Å². The Balaban J connectivity index is 1.98. The Morgan fingerprint density at radius 1 is 1.30 bits per heavy atom. The van der Waals surface area contributed by atoms with Gasteiger partial charge in [-0.25, -0.2) is 0 Å². The molecule has 0 unspecified atom stereocenters. The molecule has 2 fully saturated rings. The quantitative estimate of drug-likeness (QED) is 0.859. The summed E-state index contributed by atoms with van der Waals surface area (Å²) in [5.74, 6) is 1.04. The van der Waals surface area contributed by atoms with Gasteiger partial charge in [-0.15, -0.1) is 0 Å². The molecule has 0 radical (unpaired) electrons. The molecular formula is C16H28N2O2. The summed E-state index contributed by atoms with van der Waals surface area (Å²) in [7, 11) is 0. The average Bonchev–Trinajstić information content (AvgIpc) is 2.75. The largest absolute Gasteiger partial charge is 0.352 e. The van der Waals surface area contributed by atoms with Crippen molar-refractivity contribution in [2.75, 3.05) is 6.54 Å². The third kappa shape index (κ3) is 3.53. The second-order valence-electron chi connectivity index (χ2n) is 6.86. The van der Waals surface area contributed by atoms with Crippen LogP contribution in [0, 0.1) is 11.8 Å². The molecule has 1 aliphatic heterocycles. The first kappa shape index (κ1) is 15.3. The number of nitrogens with zero attached hydrogens (tertiary/aromatic N) is 1. The Bertz CT molecular complexity index is 367. The summed E-state index contributed by atoms with van der Waals surface area (Å²) in [6.45, 7) is 7.04. The first-order chi connectivity index (χ1) is 9.49. The van der Waals surface area contributed by atoms with E-state index in [2.05, 4.69) is 12.2 Å². The molecular weight excluding hydrogens is 252 g/mol. The highest BCUT2D eigenvalue weighted by Gasteiger charge is 2.35. The van der Waals surface area contributed by atoms with E-state index in [-0.39, 0.29) is 23.8 Å². The highest BCUT2D eigenvalue weighted by atomic mass is 16.2. The van der Waals surface area contributed by atoms with Gasteiger partial charge in [0.1, 0.15) is 6.04 Å². The first-order valence-electron chi connectivity index (χ1n) is 8.09. The lowest BCUT2D eigenvalue weighted by molar-refractivity contribution is -0.139. The molecule has 0 bridgehead atoms. The van der Waals surface area contributed by atoms with E-state index in [0.717, 1.165) is 25.8 Å². The number of carbonyl (C=O) groups is 2. The van der Waals surface area contributed by atoms with Crippen molar-refractivity contribution in [3.8, 4) is 0 Å². The lowest BCUT2D eigenvalue weighted by Crippen LogP contribution is -2.53. The van der Waals surface area contributed by atoms with Crippen LogP contribution in [0.5, 0.6) is 0 Å². The monoisotopic (exact) mass is 280 g/mol. The highest BCUT2D eigenvalue weighted by Crippen LogP contribution is 2.25. The Hall–Kier alpha value is -1.06. The van der Waals surface area contributed by atoms with Crippen LogP contribution in [-0.4, -0.2) is 35.3 Å². The van der Waals surface area contributed by atoms with Crippen molar-refractivity contribution >= 4 is 11.8 Å². The molecule has 4 nitrogen and oxygen atoms in total. The maximum absolute atomic E-state index is 12.6. The summed E-state index contributed by atoms with van der Waals surface area (Å²) < 4.78 is 0. The molecule has 2 rings (SSSR count). The predicted octanol–water partition coefficient (Wildman–Crippen LogP) is 2.33. The predicted molar refractivity (Wildman–Crippen MR) is 79.1 cm³/mol. The third-order valence-corrected chi connectivity index (χ3v) is 4.63. The molecule has 1 N–H and O–H groups in total. The zero-order chi connectivity index (χ0) is 14.7.